The smallest absolute Gasteiger partial charge is 0.340 e. The van der Waals surface area contributed by atoms with Crippen LogP contribution in [-0.4, -0.2) is 64.2 Å². The molecule has 3 rings (SSSR count). The molecule has 9 heteroatoms. The van der Waals surface area contributed by atoms with E-state index in [1.54, 1.807) is 42.4 Å². The van der Waals surface area contributed by atoms with Gasteiger partial charge in [0.1, 0.15) is 28.8 Å². The average Bonchev–Trinajstić information content (AvgIpc) is 3.01. The number of benzene rings is 2. The number of phenols is 2. The van der Waals surface area contributed by atoms with Gasteiger partial charge in [0.05, 0.1) is 5.70 Å². The van der Waals surface area contributed by atoms with Gasteiger partial charge in [-0.25, -0.2) is 9.59 Å². The fourth-order valence-electron chi connectivity index (χ4n) is 3.86. The minimum absolute atomic E-state index is 0. The molecule has 0 amide bonds. The van der Waals surface area contributed by atoms with Crippen molar-refractivity contribution in [1.29, 1.82) is 0 Å². The van der Waals surface area contributed by atoms with Crippen LogP contribution in [0.4, 0.5) is 0 Å². The number of nitrogens with zero attached hydrogens (tertiary/aromatic N) is 2. The van der Waals surface area contributed by atoms with E-state index in [-0.39, 0.29) is 31.0 Å². The monoisotopic (exact) mass is 423 g/mol. The molecular formula is C22H24BN2O6. The van der Waals surface area contributed by atoms with E-state index >= 15 is 0 Å². The first-order valence-electron chi connectivity index (χ1n) is 9.59. The Labute approximate surface area is 182 Å². The van der Waals surface area contributed by atoms with Crippen molar-refractivity contribution in [1.82, 2.24) is 9.80 Å². The van der Waals surface area contributed by atoms with Gasteiger partial charge >= 0.3 is 11.9 Å². The zero-order valence-corrected chi connectivity index (χ0v) is 17.3. The second-order valence-corrected chi connectivity index (χ2v) is 7.15. The predicted octanol–water partition coefficient (Wildman–Crippen LogP) is 3.16. The Hall–Kier alpha value is -3.62. The Morgan fingerprint density at radius 3 is 2.13 bits per heavy atom. The van der Waals surface area contributed by atoms with Gasteiger partial charge in [0.2, 0.25) is 0 Å². The van der Waals surface area contributed by atoms with E-state index in [2.05, 4.69) is 0 Å². The van der Waals surface area contributed by atoms with Crippen LogP contribution in [0.3, 0.4) is 0 Å². The SMILES string of the molecule is CCCCN1C(c2cccc(O)c2C(=O)O)=CN(C)C1c1cccc(O)c1C(=O)O.[B]. The minimum atomic E-state index is -1.26. The molecular weight excluding hydrogens is 399 g/mol. The van der Waals surface area contributed by atoms with Crippen LogP contribution < -0.4 is 0 Å². The van der Waals surface area contributed by atoms with Crippen LogP contribution in [-0.2, 0) is 0 Å². The maximum Gasteiger partial charge on any atom is 0.340 e. The summed E-state index contributed by atoms with van der Waals surface area (Å²) in [5, 5.41) is 39.6. The van der Waals surface area contributed by atoms with Crippen LogP contribution in [0.1, 0.15) is 57.8 Å². The fraction of sp³-hybridized carbons (Fsp3) is 0.273. The quantitative estimate of drug-likeness (QED) is 0.501. The molecule has 0 aliphatic carbocycles. The lowest BCUT2D eigenvalue weighted by Gasteiger charge is -2.34. The number of carboxylic acids is 2. The summed E-state index contributed by atoms with van der Waals surface area (Å²) in [5.74, 6) is -3.18. The Morgan fingerprint density at radius 1 is 0.968 bits per heavy atom. The molecule has 161 valence electrons. The zero-order chi connectivity index (χ0) is 22.0. The molecule has 0 bridgehead atoms. The van der Waals surface area contributed by atoms with Gasteiger partial charge in [-0.2, -0.15) is 0 Å². The molecule has 1 atom stereocenters. The molecule has 8 nitrogen and oxygen atoms in total. The van der Waals surface area contributed by atoms with Crippen molar-refractivity contribution < 1.29 is 30.0 Å². The second-order valence-electron chi connectivity index (χ2n) is 7.15. The molecule has 4 N–H and O–H groups in total. The molecule has 2 aromatic carbocycles. The second kappa shape index (κ2) is 9.46. The highest BCUT2D eigenvalue weighted by Crippen LogP contribution is 2.43. The lowest BCUT2D eigenvalue weighted by atomic mass is 10.00. The Balaban J connectivity index is 0.00000341. The van der Waals surface area contributed by atoms with Crippen molar-refractivity contribution in [3.63, 3.8) is 0 Å². The molecule has 1 unspecified atom stereocenters. The highest BCUT2D eigenvalue weighted by atomic mass is 16.4. The number of hydrogen-bond donors (Lipinski definition) is 4. The fourth-order valence-corrected chi connectivity index (χ4v) is 3.86. The third kappa shape index (κ3) is 4.30. The van der Waals surface area contributed by atoms with E-state index in [0.717, 1.165) is 12.8 Å². The lowest BCUT2D eigenvalue weighted by molar-refractivity contribution is 0.0679. The summed E-state index contributed by atoms with van der Waals surface area (Å²) >= 11 is 0. The van der Waals surface area contributed by atoms with E-state index in [9.17, 15) is 30.0 Å². The van der Waals surface area contributed by atoms with Crippen LogP contribution >= 0.6 is 0 Å². The molecule has 3 radical (unpaired) electrons. The van der Waals surface area contributed by atoms with Crippen molar-refractivity contribution in [2.45, 2.75) is 25.9 Å². The standard InChI is InChI=1S/C22H24N2O6.B/c1-3-4-11-24-15(13-7-5-9-16(25)18(13)21(27)28)12-23(2)20(24)14-8-6-10-17(26)19(14)22(29)30;/h5-10,12,20,25-26H,3-4,11H2,1-2H3,(H,27,28)(H,29,30);. The summed E-state index contributed by atoms with van der Waals surface area (Å²) < 4.78 is 0. The van der Waals surface area contributed by atoms with Crippen LogP contribution in [0.25, 0.3) is 5.70 Å². The minimum Gasteiger partial charge on any atom is -0.507 e. The lowest BCUT2D eigenvalue weighted by Crippen LogP contribution is -2.32. The van der Waals surface area contributed by atoms with Gasteiger partial charge in [-0.3, -0.25) is 0 Å². The maximum absolute atomic E-state index is 11.8. The molecule has 0 spiro atoms. The molecule has 2 aromatic rings. The Kier molecular flexibility index (Phi) is 7.22. The third-order valence-electron chi connectivity index (χ3n) is 5.17. The van der Waals surface area contributed by atoms with Gasteiger partial charge in [-0.05, 0) is 18.6 Å². The van der Waals surface area contributed by atoms with Crippen molar-refractivity contribution >= 4 is 26.0 Å². The molecule has 0 saturated carbocycles. The third-order valence-corrected chi connectivity index (χ3v) is 5.17. The van der Waals surface area contributed by atoms with E-state index < -0.39 is 18.1 Å². The molecule has 1 aliphatic heterocycles. The highest BCUT2D eigenvalue weighted by molar-refractivity contribution is 5.97. The molecule has 1 aliphatic rings. The van der Waals surface area contributed by atoms with Gasteiger partial charge in [-0.15, -0.1) is 0 Å². The maximum atomic E-state index is 11.8. The van der Waals surface area contributed by atoms with Crippen LogP contribution in [0, 0.1) is 0 Å². The summed E-state index contributed by atoms with van der Waals surface area (Å²) in [5.41, 5.74) is 0.881. The molecule has 0 fully saturated rings. The van der Waals surface area contributed by atoms with Crippen molar-refractivity contribution in [3.8, 4) is 11.5 Å². The van der Waals surface area contributed by atoms with Gasteiger partial charge in [0, 0.05) is 39.3 Å². The van der Waals surface area contributed by atoms with Gasteiger partial charge in [0.15, 0.2) is 0 Å². The molecule has 1 heterocycles. The first-order chi connectivity index (χ1) is 14.3. The molecule has 0 aromatic heterocycles. The van der Waals surface area contributed by atoms with E-state index in [1.807, 2.05) is 11.8 Å². The van der Waals surface area contributed by atoms with Gasteiger partial charge in [-0.1, -0.05) is 37.6 Å². The predicted molar refractivity (Wildman–Crippen MR) is 116 cm³/mol. The first kappa shape index (κ1) is 23.7. The van der Waals surface area contributed by atoms with Crippen molar-refractivity contribution in [2.24, 2.45) is 0 Å². The number of aromatic carboxylic acids is 2. The Bertz CT molecular complexity index is 1020. The summed E-state index contributed by atoms with van der Waals surface area (Å²) in [6, 6.07) is 9.05. The van der Waals surface area contributed by atoms with E-state index in [1.165, 1.54) is 12.1 Å². The summed E-state index contributed by atoms with van der Waals surface area (Å²) in [7, 11) is 1.76. The number of unbranched alkanes of at least 4 members (excludes halogenated alkanes) is 1. The van der Waals surface area contributed by atoms with Gasteiger partial charge in [0.25, 0.3) is 0 Å². The van der Waals surface area contributed by atoms with Gasteiger partial charge < -0.3 is 30.2 Å². The number of rotatable bonds is 7. The van der Waals surface area contributed by atoms with Crippen LogP contribution in [0.2, 0.25) is 0 Å². The normalized spacial score (nSPS) is 15.4. The van der Waals surface area contributed by atoms with Crippen LogP contribution in [0.5, 0.6) is 11.5 Å². The summed E-state index contributed by atoms with van der Waals surface area (Å²) in [6.07, 6.45) is 2.83. The highest BCUT2D eigenvalue weighted by Gasteiger charge is 2.36. The molecule has 31 heavy (non-hydrogen) atoms. The molecule has 0 saturated heterocycles. The number of carbonyl (C=O) groups is 2. The zero-order valence-electron chi connectivity index (χ0n) is 17.3. The van der Waals surface area contributed by atoms with Crippen molar-refractivity contribution in [3.05, 3.63) is 64.9 Å². The largest absolute Gasteiger partial charge is 0.507 e. The first-order valence-corrected chi connectivity index (χ1v) is 9.59. The number of carboxylic acid groups (broad SMARTS) is 2. The number of hydrogen-bond acceptors (Lipinski definition) is 6. The summed E-state index contributed by atoms with van der Waals surface area (Å²) in [6.45, 7) is 2.55. The Morgan fingerprint density at radius 2 is 1.55 bits per heavy atom. The summed E-state index contributed by atoms with van der Waals surface area (Å²) in [4.78, 5) is 27.3. The topological polar surface area (TPSA) is 122 Å². The average molecular weight is 423 g/mol. The van der Waals surface area contributed by atoms with Crippen LogP contribution in [0.15, 0.2) is 42.6 Å². The van der Waals surface area contributed by atoms with E-state index in [4.69, 9.17) is 0 Å². The number of aromatic hydroxyl groups is 2. The van der Waals surface area contributed by atoms with E-state index in [0.29, 0.717) is 23.4 Å². The van der Waals surface area contributed by atoms with Crippen molar-refractivity contribution in [2.75, 3.05) is 13.6 Å².